The van der Waals surface area contributed by atoms with Gasteiger partial charge in [0.1, 0.15) is 0 Å². The Kier molecular flexibility index (Phi) is 3.62. The molecule has 0 aromatic heterocycles. The molecule has 2 fully saturated rings. The first kappa shape index (κ1) is 13.1. The third-order valence-corrected chi connectivity index (χ3v) is 5.33. The maximum absolute atomic E-state index is 6.71. The topological polar surface area (TPSA) is 18.5 Å². The number of ether oxygens (including phenoxy) is 2. The molecule has 3 atom stereocenters. The highest BCUT2D eigenvalue weighted by Gasteiger charge is 2.54. The van der Waals surface area contributed by atoms with Gasteiger partial charge >= 0.3 is 0 Å². The molecule has 0 heterocycles. The van der Waals surface area contributed by atoms with E-state index in [9.17, 15) is 0 Å². The molecule has 2 saturated carbocycles. The van der Waals surface area contributed by atoms with Gasteiger partial charge in [-0.1, -0.05) is 18.9 Å². The summed E-state index contributed by atoms with van der Waals surface area (Å²) in [5.74, 6) is 3.94. The zero-order valence-corrected chi connectivity index (χ0v) is 12.3. The van der Waals surface area contributed by atoms with Gasteiger partial charge in [-0.05, 0) is 48.3 Å². The van der Waals surface area contributed by atoms with Crippen molar-refractivity contribution in [3.8, 4) is 11.5 Å². The van der Waals surface area contributed by atoms with Gasteiger partial charge in [-0.3, -0.25) is 0 Å². The quantitative estimate of drug-likeness (QED) is 0.760. The molecule has 2 aliphatic carbocycles. The molecule has 1 aromatic carbocycles. The highest BCUT2D eigenvalue weighted by Crippen LogP contribution is 2.62. The zero-order valence-electron chi connectivity index (χ0n) is 11.6. The molecule has 0 bridgehead atoms. The van der Waals surface area contributed by atoms with Gasteiger partial charge in [-0.15, -0.1) is 11.6 Å². The third-order valence-electron chi connectivity index (χ3n) is 4.79. The molecule has 2 aliphatic rings. The van der Waals surface area contributed by atoms with Crippen molar-refractivity contribution >= 4 is 11.6 Å². The van der Waals surface area contributed by atoms with Crippen LogP contribution in [0, 0.1) is 17.8 Å². The number of benzene rings is 1. The molecule has 104 valence electrons. The fourth-order valence-electron chi connectivity index (χ4n) is 3.73. The Morgan fingerprint density at radius 2 is 1.68 bits per heavy atom. The van der Waals surface area contributed by atoms with Crippen LogP contribution >= 0.6 is 11.6 Å². The second-order valence-electron chi connectivity index (χ2n) is 5.71. The Morgan fingerprint density at radius 1 is 1.05 bits per heavy atom. The van der Waals surface area contributed by atoms with Crippen LogP contribution in [-0.4, -0.2) is 14.2 Å². The van der Waals surface area contributed by atoms with E-state index in [1.165, 1.54) is 31.2 Å². The number of fused-ring (bicyclic) bond motifs is 1. The lowest BCUT2D eigenvalue weighted by Crippen LogP contribution is -1.98. The molecule has 0 amide bonds. The third kappa shape index (κ3) is 2.31. The van der Waals surface area contributed by atoms with Gasteiger partial charge in [0.25, 0.3) is 0 Å². The van der Waals surface area contributed by atoms with Gasteiger partial charge < -0.3 is 9.47 Å². The maximum Gasteiger partial charge on any atom is 0.161 e. The van der Waals surface area contributed by atoms with Crippen molar-refractivity contribution in [3.63, 3.8) is 0 Å². The van der Waals surface area contributed by atoms with Crippen LogP contribution in [0.2, 0.25) is 0 Å². The lowest BCUT2D eigenvalue weighted by molar-refractivity contribution is 0.354. The summed E-state index contributed by atoms with van der Waals surface area (Å²) in [6.07, 6.45) is 5.50. The first-order chi connectivity index (χ1) is 9.26. The maximum atomic E-state index is 6.71. The second kappa shape index (κ2) is 5.24. The van der Waals surface area contributed by atoms with E-state index in [-0.39, 0.29) is 5.38 Å². The molecule has 19 heavy (non-hydrogen) atoms. The number of hydrogen-bond donors (Lipinski definition) is 0. The predicted molar refractivity (Wildman–Crippen MR) is 77.1 cm³/mol. The highest BCUT2D eigenvalue weighted by molar-refractivity contribution is 6.21. The number of halogens is 1. The zero-order chi connectivity index (χ0) is 13.4. The number of alkyl halides is 1. The van der Waals surface area contributed by atoms with Gasteiger partial charge in [0.15, 0.2) is 11.5 Å². The van der Waals surface area contributed by atoms with Crippen LogP contribution in [0.25, 0.3) is 0 Å². The fourth-order valence-corrected chi connectivity index (χ4v) is 4.24. The monoisotopic (exact) mass is 280 g/mol. The van der Waals surface area contributed by atoms with Crippen LogP contribution < -0.4 is 9.47 Å². The summed E-state index contributed by atoms with van der Waals surface area (Å²) >= 11 is 6.71. The predicted octanol–water partition coefficient (Wildman–Crippen LogP) is 4.42. The van der Waals surface area contributed by atoms with Crippen LogP contribution in [0.4, 0.5) is 0 Å². The van der Waals surface area contributed by atoms with E-state index >= 15 is 0 Å². The Morgan fingerprint density at radius 3 is 2.26 bits per heavy atom. The normalized spacial score (nSPS) is 30.4. The van der Waals surface area contributed by atoms with E-state index in [0.717, 1.165) is 23.3 Å². The van der Waals surface area contributed by atoms with Crippen molar-refractivity contribution in [3.05, 3.63) is 23.8 Å². The van der Waals surface area contributed by atoms with Gasteiger partial charge in [0.05, 0.1) is 19.6 Å². The summed E-state index contributed by atoms with van der Waals surface area (Å²) in [6, 6.07) is 6.06. The lowest BCUT2D eigenvalue weighted by atomic mass is 10.0. The molecule has 1 aromatic rings. The molecule has 2 nitrogen and oxygen atoms in total. The minimum absolute atomic E-state index is 0.118. The second-order valence-corrected chi connectivity index (χ2v) is 6.18. The average Bonchev–Trinajstić information content (AvgIpc) is 3.20. The van der Waals surface area contributed by atoms with E-state index in [2.05, 4.69) is 6.07 Å². The first-order valence-corrected chi connectivity index (χ1v) is 7.56. The van der Waals surface area contributed by atoms with Crippen molar-refractivity contribution in [2.75, 3.05) is 14.2 Å². The molecular weight excluding hydrogens is 260 g/mol. The smallest absolute Gasteiger partial charge is 0.161 e. The average molecular weight is 281 g/mol. The van der Waals surface area contributed by atoms with Crippen molar-refractivity contribution < 1.29 is 9.47 Å². The van der Waals surface area contributed by atoms with Gasteiger partial charge in [0, 0.05) is 0 Å². The van der Waals surface area contributed by atoms with E-state index in [0.29, 0.717) is 5.92 Å². The van der Waals surface area contributed by atoms with Crippen molar-refractivity contribution in [2.24, 2.45) is 17.8 Å². The Bertz CT molecular complexity index is 448. The minimum atomic E-state index is 0.118. The van der Waals surface area contributed by atoms with Crippen LogP contribution in [0.3, 0.4) is 0 Å². The van der Waals surface area contributed by atoms with Gasteiger partial charge in [-0.2, -0.15) is 0 Å². The van der Waals surface area contributed by atoms with Crippen LogP contribution in [0.15, 0.2) is 18.2 Å². The molecule has 0 aliphatic heterocycles. The summed E-state index contributed by atoms with van der Waals surface area (Å²) in [7, 11) is 3.33. The number of hydrogen-bond acceptors (Lipinski definition) is 2. The summed E-state index contributed by atoms with van der Waals surface area (Å²) in [5, 5.41) is 0.118. The summed E-state index contributed by atoms with van der Waals surface area (Å²) < 4.78 is 10.6. The standard InChI is InChI=1S/C16H21ClO2/c1-18-13-8-7-10(9-14(13)19-2)16(17)15-11-5-3-4-6-12(11)15/h7-9,11-12,15-16H,3-6H2,1-2H3. The molecular formula is C16H21ClO2. The Balaban J connectivity index is 1.78. The van der Waals surface area contributed by atoms with Crippen LogP contribution in [0.5, 0.6) is 11.5 Å². The number of methoxy groups -OCH3 is 2. The largest absolute Gasteiger partial charge is 0.493 e. The molecule has 0 spiro atoms. The van der Waals surface area contributed by atoms with E-state index in [1.54, 1.807) is 14.2 Å². The van der Waals surface area contributed by atoms with Crippen LogP contribution in [0.1, 0.15) is 36.6 Å². The summed E-state index contributed by atoms with van der Waals surface area (Å²) in [5.41, 5.74) is 1.17. The molecule has 0 radical (unpaired) electrons. The van der Waals surface area contributed by atoms with E-state index < -0.39 is 0 Å². The Labute approximate surface area is 120 Å². The molecule has 3 heteroatoms. The van der Waals surface area contributed by atoms with Crippen molar-refractivity contribution in [1.82, 2.24) is 0 Å². The van der Waals surface area contributed by atoms with Crippen molar-refractivity contribution in [1.29, 1.82) is 0 Å². The summed E-state index contributed by atoms with van der Waals surface area (Å²) in [6.45, 7) is 0. The van der Waals surface area contributed by atoms with Crippen molar-refractivity contribution in [2.45, 2.75) is 31.1 Å². The highest BCUT2D eigenvalue weighted by atomic mass is 35.5. The molecule has 0 N–H and O–H groups in total. The van der Waals surface area contributed by atoms with E-state index in [4.69, 9.17) is 21.1 Å². The molecule has 3 unspecified atom stereocenters. The first-order valence-electron chi connectivity index (χ1n) is 7.12. The SMILES string of the molecule is COc1ccc(C(Cl)C2C3CCCCC32)cc1OC. The van der Waals surface area contributed by atoms with Gasteiger partial charge in [-0.25, -0.2) is 0 Å². The molecule has 0 saturated heterocycles. The minimum Gasteiger partial charge on any atom is -0.493 e. The van der Waals surface area contributed by atoms with E-state index in [1.807, 2.05) is 12.1 Å². The van der Waals surface area contributed by atoms with Gasteiger partial charge in [0.2, 0.25) is 0 Å². The lowest BCUT2D eigenvalue weighted by Gasteiger charge is -2.13. The van der Waals surface area contributed by atoms with Crippen LogP contribution in [-0.2, 0) is 0 Å². The fraction of sp³-hybridized carbons (Fsp3) is 0.625. The molecule has 3 rings (SSSR count). The summed E-state index contributed by atoms with van der Waals surface area (Å²) in [4.78, 5) is 0. The Hall–Kier alpha value is -0.890. The number of rotatable bonds is 4.